The van der Waals surface area contributed by atoms with Gasteiger partial charge in [-0.3, -0.25) is 4.79 Å². The van der Waals surface area contributed by atoms with Crippen molar-refractivity contribution in [3.8, 4) is 22.6 Å². The van der Waals surface area contributed by atoms with Gasteiger partial charge in [0.25, 0.3) is 0 Å². The standard InChI is InChI=1S/C21H26N2O3/c1-6-23-12-14-10-18(25-4)19(26-5)11-16(14)15-8-7-9-17(20(15)23)22-21(24)13(2)3/h7-11,13H,6,12H2,1-5H3,(H,22,24). The molecule has 5 heteroatoms. The van der Waals surface area contributed by atoms with E-state index in [1.807, 2.05) is 38.1 Å². The zero-order valence-electron chi connectivity index (χ0n) is 16.1. The number of rotatable bonds is 5. The Bertz CT molecular complexity index is 830. The summed E-state index contributed by atoms with van der Waals surface area (Å²) >= 11 is 0. The number of carbonyl (C=O) groups is 1. The van der Waals surface area contributed by atoms with Crippen LogP contribution in [0.5, 0.6) is 11.5 Å². The molecule has 5 nitrogen and oxygen atoms in total. The Morgan fingerprint density at radius 2 is 1.85 bits per heavy atom. The first kappa shape index (κ1) is 18.1. The summed E-state index contributed by atoms with van der Waals surface area (Å²) in [6.45, 7) is 7.52. The summed E-state index contributed by atoms with van der Waals surface area (Å²) in [5, 5.41) is 3.08. The van der Waals surface area contributed by atoms with Crippen molar-refractivity contribution >= 4 is 17.3 Å². The maximum atomic E-state index is 12.3. The van der Waals surface area contributed by atoms with Crippen molar-refractivity contribution < 1.29 is 14.3 Å². The number of benzene rings is 2. The smallest absolute Gasteiger partial charge is 0.226 e. The quantitative estimate of drug-likeness (QED) is 0.869. The minimum Gasteiger partial charge on any atom is -0.493 e. The molecule has 1 amide bonds. The number of carbonyl (C=O) groups excluding carboxylic acids is 1. The lowest BCUT2D eigenvalue weighted by molar-refractivity contribution is -0.118. The highest BCUT2D eigenvalue weighted by Crippen LogP contribution is 2.46. The molecule has 1 aliphatic rings. The molecule has 0 radical (unpaired) electrons. The van der Waals surface area contributed by atoms with Crippen molar-refractivity contribution in [1.29, 1.82) is 0 Å². The van der Waals surface area contributed by atoms with E-state index in [-0.39, 0.29) is 11.8 Å². The number of hydrogen-bond acceptors (Lipinski definition) is 4. The van der Waals surface area contributed by atoms with Gasteiger partial charge in [-0.25, -0.2) is 0 Å². The van der Waals surface area contributed by atoms with E-state index in [1.54, 1.807) is 14.2 Å². The minimum atomic E-state index is -0.0684. The molecule has 0 aromatic heterocycles. The van der Waals surface area contributed by atoms with Crippen molar-refractivity contribution in [3.63, 3.8) is 0 Å². The first-order valence-corrected chi connectivity index (χ1v) is 8.94. The van der Waals surface area contributed by atoms with Crippen molar-refractivity contribution in [2.45, 2.75) is 27.3 Å². The number of nitrogens with one attached hydrogen (secondary N) is 1. The predicted molar refractivity (Wildman–Crippen MR) is 105 cm³/mol. The highest BCUT2D eigenvalue weighted by molar-refractivity contribution is 6.00. The van der Waals surface area contributed by atoms with E-state index in [0.29, 0.717) is 5.75 Å². The summed E-state index contributed by atoms with van der Waals surface area (Å²) in [6, 6.07) is 10.1. The van der Waals surface area contributed by atoms with E-state index in [2.05, 4.69) is 23.2 Å². The summed E-state index contributed by atoms with van der Waals surface area (Å²) in [4.78, 5) is 14.5. The third kappa shape index (κ3) is 3.09. The van der Waals surface area contributed by atoms with Crippen LogP contribution in [-0.4, -0.2) is 26.7 Å². The van der Waals surface area contributed by atoms with Crippen LogP contribution in [0.1, 0.15) is 26.3 Å². The van der Waals surface area contributed by atoms with Gasteiger partial charge < -0.3 is 19.7 Å². The van der Waals surface area contributed by atoms with Crippen molar-refractivity contribution in [2.24, 2.45) is 5.92 Å². The molecule has 0 saturated carbocycles. The third-order valence-electron chi connectivity index (χ3n) is 4.78. The molecular formula is C21H26N2O3. The molecule has 2 aromatic carbocycles. The molecule has 0 atom stereocenters. The summed E-state index contributed by atoms with van der Waals surface area (Å²) < 4.78 is 10.9. The molecule has 3 rings (SSSR count). The van der Waals surface area contributed by atoms with Crippen LogP contribution in [0.3, 0.4) is 0 Å². The van der Waals surface area contributed by atoms with Crippen LogP contribution in [0.2, 0.25) is 0 Å². The molecule has 138 valence electrons. The summed E-state index contributed by atoms with van der Waals surface area (Å²) in [7, 11) is 3.30. The van der Waals surface area contributed by atoms with Gasteiger partial charge in [0.05, 0.1) is 25.6 Å². The largest absolute Gasteiger partial charge is 0.493 e. The zero-order valence-corrected chi connectivity index (χ0v) is 16.1. The van der Waals surface area contributed by atoms with Gasteiger partial charge in [-0.05, 0) is 36.2 Å². The molecule has 0 spiro atoms. The fourth-order valence-electron chi connectivity index (χ4n) is 3.34. The average molecular weight is 354 g/mol. The van der Waals surface area contributed by atoms with Crippen LogP contribution in [0, 0.1) is 5.92 Å². The van der Waals surface area contributed by atoms with E-state index < -0.39 is 0 Å². The maximum absolute atomic E-state index is 12.3. The highest BCUT2D eigenvalue weighted by Gasteiger charge is 2.26. The lowest BCUT2D eigenvalue weighted by Gasteiger charge is -2.34. The monoisotopic (exact) mass is 354 g/mol. The number of fused-ring (bicyclic) bond motifs is 3. The predicted octanol–water partition coefficient (Wildman–Crippen LogP) is 4.31. The lowest BCUT2D eigenvalue weighted by Crippen LogP contribution is -2.28. The van der Waals surface area contributed by atoms with E-state index >= 15 is 0 Å². The van der Waals surface area contributed by atoms with Crippen LogP contribution in [0.15, 0.2) is 30.3 Å². The Morgan fingerprint density at radius 1 is 1.15 bits per heavy atom. The first-order valence-electron chi connectivity index (χ1n) is 8.94. The van der Waals surface area contributed by atoms with E-state index in [9.17, 15) is 4.79 Å². The van der Waals surface area contributed by atoms with Gasteiger partial charge >= 0.3 is 0 Å². The lowest BCUT2D eigenvalue weighted by atomic mass is 9.91. The molecule has 1 aliphatic heterocycles. The Kier molecular flexibility index (Phi) is 5.07. The minimum absolute atomic E-state index is 0.0209. The number of amides is 1. The SMILES string of the molecule is CCN1Cc2cc(OC)c(OC)cc2-c2cccc(NC(=O)C(C)C)c21. The van der Waals surface area contributed by atoms with Crippen molar-refractivity contribution in [3.05, 3.63) is 35.9 Å². The third-order valence-corrected chi connectivity index (χ3v) is 4.78. The van der Waals surface area contributed by atoms with Gasteiger partial charge in [0.2, 0.25) is 5.91 Å². The molecule has 26 heavy (non-hydrogen) atoms. The second kappa shape index (κ2) is 7.28. The Hall–Kier alpha value is -2.69. The summed E-state index contributed by atoms with van der Waals surface area (Å²) in [6.07, 6.45) is 0. The number of nitrogens with zero attached hydrogens (tertiary/aromatic N) is 1. The van der Waals surface area contributed by atoms with E-state index in [1.165, 1.54) is 5.56 Å². The van der Waals surface area contributed by atoms with Gasteiger partial charge in [0.15, 0.2) is 11.5 Å². The molecule has 2 aromatic rings. The van der Waals surface area contributed by atoms with Gasteiger partial charge in [0.1, 0.15) is 0 Å². The van der Waals surface area contributed by atoms with Gasteiger partial charge in [-0.15, -0.1) is 0 Å². The molecule has 1 N–H and O–H groups in total. The highest BCUT2D eigenvalue weighted by atomic mass is 16.5. The van der Waals surface area contributed by atoms with Crippen LogP contribution in [0.25, 0.3) is 11.1 Å². The summed E-state index contributed by atoms with van der Waals surface area (Å²) in [5.41, 5.74) is 5.30. The number of anilines is 2. The van der Waals surface area contributed by atoms with Crippen LogP contribution in [-0.2, 0) is 11.3 Å². The second-order valence-electron chi connectivity index (χ2n) is 6.72. The normalized spacial score (nSPS) is 12.5. The maximum Gasteiger partial charge on any atom is 0.226 e. The Balaban J connectivity index is 2.16. The van der Waals surface area contributed by atoms with Crippen molar-refractivity contribution in [2.75, 3.05) is 31.0 Å². The fraction of sp³-hybridized carbons (Fsp3) is 0.381. The number of para-hydroxylation sites is 1. The molecule has 1 heterocycles. The number of ether oxygens (including phenoxy) is 2. The average Bonchev–Trinajstić information content (AvgIpc) is 2.66. The van der Waals surface area contributed by atoms with Gasteiger partial charge in [0, 0.05) is 24.6 Å². The Labute approximate surface area is 154 Å². The zero-order chi connectivity index (χ0) is 18.8. The van der Waals surface area contributed by atoms with Gasteiger partial charge in [-0.2, -0.15) is 0 Å². The topological polar surface area (TPSA) is 50.8 Å². The molecule has 0 unspecified atom stereocenters. The second-order valence-corrected chi connectivity index (χ2v) is 6.72. The molecular weight excluding hydrogens is 328 g/mol. The van der Waals surface area contributed by atoms with Crippen LogP contribution in [0.4, 0.5) is 11.4 Å². The number of hydrogen-bond donors (Lipinski definition) is 1. The van der Waals surface area contributed by atoms with Crippen LogP contribution < -0.4 is 19.7 Å². The van der Waals surface area contributed by atoms with E-state index in [4.69, 9.17) is 9.47 Å². The van der Waals surface area contributed by atoms with E-state index in [0.717, 1.165) is 41.3 Å². The summed E-state index contributed by atoms with van der Waals surface area (Å²) in [5.74, 6) is 1.39. The molecule has 0 fully saturated rings. The van der Waals surface area contributed by atoms with Crippen LogP contribution >= 0.6 is 0 Å². The molecule has 0 aliphatic carbocycles. The molecule has 0 saturated heterocycles. The number of methoxy groups -OCH3 is 2. The van der Waals surface area contributed by atoms with Gasteiger partial charge in [-0.1, -0.05) is 26.0 Å². The molecule has 0 bridgehead atoms. The first-order chi connectivity index (χ1) is 12.5. The Morgan fingerprint density at radius 3 is 2.46 bits per heavy atom. The van der Waals surface area contributed by atoms with Crippen molar-refractivity contribution in [1.82, 2.24) is 0 Å². The fourth-order valence-corrected chi connectivity index (χ4v) is 3.34.